The zero-order chi connectivity index (χ0) is 17.5. The van der Waals surface area contributed by atoms with Crippen LogP contribution in [0.2, 0.25) is 0 Å². The lowest BCUT2D eigenvalue weighted by Crippen LogP contribution is -2.43. The molecular formula is C20H30N2O3. The molecule has 2 aliphatic rings. The van der Waals surface area contributed by atoms with Gasteiger partial charge in [0, 0.05) is 25.7 Å². The van der Waals surface area contributed by atoms with Gasteiger partial charge >= 0.3 is 5.97 Å². The van der Waals surface area contributed by atoms with Crippen LogP contribution in [-0.4, -0.2) is 68.3 Å². The van der Waals surface area contributed by atoms with Gasteiger partial charge in [0.1, 0.15) is 0 Å². The second-order valence-electron chi connectivity index (χ2n) is 7.05. The molecule has 0 aliphatic carbocycles. The Morgan fingerprint density at radius 1 is 1.24 bits per heavy atom. The van der Waals surface area contributed by atoms with E-state index >= 15 is 0 Å². The first kappa shape index (κ1) is 18.4. The van der Waals surface area contributed by atoms with E-state index in [1.54, 1.807) is 0 Å². The third-order valence-corrected chi connectivity index (χ3v) is 5.37. The summed E-state index contributed by atoms with van der Waals surface area (Å²) in [5.74, 6) is -0.260. The monoisotopic (exact) mass is 346 g/mol. The third-order valence-electron chi connectivity index (χ3n) is 5.37. The molecular weight excluding hydrogens is 316 g/mol. The summed E-state index contributed by atoms with van der Waals surface area (Å²) in [4.78, 5) is 16.9. The largest absolute Gasteiger partial charge is 0.465 e. The van der Waals surface area contributed by atoms with Crippen LogP contribution in [0.3, 0.4) is 0 Å². The minimum Gasteiger partial charge on any atom is -0.465 e. The molecule has 0 saturated carbocycles. The van der Waals surface area contributed by atoms with Gasteiger partial charge in [-0.15, -0.1) is 0 Å². The number of carbonyl (C=O) groups excluding carboxylic acids is 1. The number of piperidine rings is 1. The first-order valence-electron chi connectivity index (χ1n) is 9.47. The number of hydrogen-bond acceptors (Lipinski definition) is 5. The lowest BCUT2D eigenvalue weighted by Gasteiger charge is -2.37. The molecule has 5 nitrogen and oxygen atoms in total. The van der Waals surface area contributed by atoms with Crippen molar-refractivity contribution >= 4 is 5.97 Å². The Morgan fingerprint density at radius 2 is 2.08 bits per heavy atom. The summed E-state index contributed by atoms with van der Waals surface area (Å²) < 4.78 is 10.3. The van der Waals surface area contributed by atoms with Crippen molar-refractivity contribution in [3.05, 3.63) is 35.4 Å². The molecule has 0 bridgehead atoms. The van der Waals surface area contributed by atoms with E-state index in [9.17, 15) is 4.79 Å². The van der Waals surface area contributed by atoms with E-state index in [-0.39, 0.29) is 5.97 Å². The van der Waals surface area contributed by atoms with Crippen molar-refractivity contribution < 1.29 is 14.3 Å². The van der Waals surface area contributed by atoms with Gasteiger partial charge in [-0.05, 0) is 50.0 Å². The molecule has 0 spiro atoms. The third kappa shape index (κ3) is 5.27. The lowest BCUT2D eigenvalue weighted by molar-refractivity contribution is 0.0302. The Kier molecular flexibility index (Phi) is 6.84. The second-order valence-corrected chi connectivity index (χ2v) is 7.05. The number of likely N-dealkylation sites (tertiary alicyclic amines) is 1. The predicted octanol–water partition coefficient (Wildman–Crippen LogP) is 2.55. The average Bonchev–Trinajstić information content (AvgIpc) is 2.68. The fraction of sp³-hybridized carbons (Fsp3) is 0.650. The van der Waals surface area contributed by atoms with Crippen molar-refractivity contribution in [3.8, 4) is 0 Å². The van der Waals surface area contributed by atoms with E-state index in [0.717, 1.165) is 45.9 Å². The first-order chi connectivity index (χ1) is 12.3. The van der Waals surface area contributed by atoms with E-state index in [1.165, 1.54) is 38.4 Å². The molecule has 1 atom stereocenters. The summed E-state index contributed by atoms with van der Waals surface area (Å²) >= 11 is 0. The highest BCUT2D eigenvalue weighted by molar-refractivity contribution is 5.89. The summed E-state index contributed by atoms with van der Waals surface area (Å²) in [6.45, 7) is 7.09. The van der Waals surface area contributed by atoms with Gasteiger partial charge in [-0.1, -0.05) is 18.6 Å². The van der Waals surface area contributed by atoms with Crippen molar-refractivity contribution in [2.45, 2.75) is 38.3 Å². The van der Waals surface area contributed by atoms with Gasteiger partial charge in [-0.2, -0.15) is 0 Å². The summed E-state index contributed by atoms with van der Waals surface area (Å²) in [7, 11) is 1.43. The molecule has 1 aromatic carbocycles. The van der Waals surface area contributed by atoms with Gasteiger partial charge in [-0.3, -0.25) is 9.80 Å². The van der Waals surface area contributed by atoms with Crippen molar-refractivity contribution in [3.63, 3.8) is 0 Å². The molecule has 1 aromatic rings. The van der Waals surface area contributed by atoms with E-state index in [4.69, 9.17) is 9.47 Å². The maximum atomic E-state index is 11.7. The summed E-state index contributed by atoms with van der Waals surface area (Å²) in [6, 6.07) is 8.49. The molecule has 0 unspecified atom stereocenters. The minimum absolute atomic E-state index is 0.260. The second kappa shape index (κ2) is 9.32. The molecule has 3 rings (SSSR count). The van der Waals surface area contributed by atoms with Crippen molar-refractivity contribution in [1.82, 2.24) is 9.80 Å². The van der Waals surface area contributed by atoms with Crippen LogP contribution in [0.4, 0.5) is 0 Å². The van der Waals surface area contributed by atoms with Crippen LogP contribution < -0.4 is 0 Å². The van der Waals surface area contributed by atoms with E-state index in [2.05, 4.69) is 15.9 Å². The van der Waals surface area contributed by atoms with Crippen LogP contribution in [-0.2, 0) is 16.0 Å². The number of hydrogen-bond donors (Lipinski definition) is 0. The number of rotatable bonds is 6. The summed E-state index contributed by atoms with van der Waals surface area (Å²) in [5, 5.41) is 0. The van der Waals surface area contributed by atoms with Gasteiger partial charge in [0.15, 0.2) is 0 Å². The Hall–Kier alpha value is -1.43. The molecule has 5 heteroatoms. The Labute approximate surface area is 150 Å². The average molecular weight is 346 g/mol. The van der Waals surface area contributed by atoms with E-state index in [0.29, 0.717) is 11.6 Å². The van der Waals surface area contributed by atoms with Gasteiger partial charge in [0.05, 0.1) is 25.9 Å². The molecule has 2 heterocycles. The maximum absolute atomic E-state index is 11.7. The highest BCUT2D eigenvalue weighted by atomic mass is 16.5. The molecule has 25 heavy (non-hydrogen) atoms. The van der Waals surface area contributed by atoms with Crippen LogP contribution in [0.15, 0.2) is 24.3 Å². The topological polar surface area (TPSA) is 42.0 Å². The van der Waals surface area contributed by atoms with Gasteiger partial charge < -0.3 is 9.47 Å². The van der Waals surface area contributed by atoms with Crippen molar-refractivity contribution in [2.24, 2.45) is 0 Å². The van der Waals surface area contributed by atoms with Crippen molar-refractivity contribution in [2.75, 3.05) is 46.5 Å². The SMILES string of the molecule is COC(=O)c1cccc(CN2CCCC[C@H]2CCN2CCOCC2)c1. The fourth-order valence-electron chi connectivity index (χ4n) is 3.90. The van der Waals surface area contributed by atoms with Crippen molar-refractivity contribution in [1.29, 1.82) is 0 Å². The number of ether oxygens (including phenoxy) is 2. The van der Waals surface area contributed by atoms with Crippen LogP contribution >= 0.6 is 0 Å². The van der Waals surface area contributed by atoms with Gasteiger partial charge in [-0.25, -0.2) is 4.79 Å². The molecule has 2 aliphatic heterocycles. The summed E-state index contributed by atoms with van der Waals surface area (Å²) in [5.41, 5.74) is 1.84. The molecule has 2 fully saturated rings. The number of nitrogens with zero attached hydrogens (tertiary/aromatic N) is 2. The smallest absolute Gasteiger partial charge is 0.337 e. The van der Waals surface area contributed by atoms with Gasteiger partial charge in [0.2, 0.25) is 0 Å². The standard InChI is InChI=1S/C20H30N2O3/c1-24-20(23)18-6-4-5-17(15-18)16-22-9-3-2-7-19(22)8-10-21-11-13-25-14-12-21/h4-6,15,19H,2-3,7-14,16H2,1H3/t19-/m0/s1. The molecule has 138 valence electrons. The molecule has 0 aromatic heterocycles. The number of esters is 1. The number of methoxy groups -OCH3 is 1. The molecule has 0 radical (unpaired) electrons. The maximum Gasteiger partial charge on any atom is 0.337 e. The zero-order valence-electron chi connectivity index (χ0n) is 15.3. The molecule has 2 saturated heterocycles. The highest BCUT2D eigenvalue weighted by Crippen LogP contribution is 2.23. The van der Waals surface area contributed by atoms with Crippen LogP contribution in [0.25, 0.3) is 0 Å². The molecule has 0 amide bonds. The first-order valence-corrected chi connectivity index (χ1v) is 9.47. The van der Waals surface area contributed by atoms with Gasteiger partial charge in [0.25, 0.3) is 0 Å². The Bertz CT molecular complexity index is 558. The fourth-order valence-corrected chi connectivity index (χ4v) is 3.90. The Balaban J connectivity index is 1.58. The minimum atomic E-state index is -0.260. The quantitative estimate of drug-likeness (QED) is 0.741. The number of carbonyl (C=O) groups is 1. The predicted molar refractivity (Wildman–Crippen MR) is 97.7 cm³/mol. The highest BCUT2D eigenvalue weighted by Gasteiger charge is 2.23. The van der Waals surface area contributed by atoms with E-state index in [1.807, 2.05) is 18.2 Å². The number of benzene rings is 1. The number of morpholine rings is 1. The normalized spacial score (nSPS) is 22.7. The van der Waals surface area contributed by atoms with Crippen LogP contribution in [0.5, 0.6) is 0 Å². The van der Waals surface area contributed by atoms with Crippen LogP contribution in [0.1, 0.15) is 41.6 Å². The Morgan fingerprint density at radius 3 is 2.88 bits per heavy atom. The van der Waals surface area contributed by atoms with E-state index < -0.39 is 0 Å². The summed E-state index contributed by atoms with van der Waals surface area (Å²) in [6.07, 6.45) is 5.09. The molecule has 0 N–H and O–H groups in total. The van der Waals surface area contributed by atoms with Crippen LogP contribution in [0, 0.1) is 0 Å². The zero-order valence-corrected chi connectivity index (χ0v) is 15.3. The lowest BCUT2D eigenvalue weighted by atomic mass is 9.98.